The highest BCUT2D eigenvalue weighted by atomic mass is 35.5. The van der Waals surface area contributed by atoms with Crippen molar-refractivity contribution in [2.45, 2.75) is 40.4 Å². The van der Waals surface area contributed by atoms with Gasteiger partial charge in [-0.15, -0.1) is 0 Å². The first-order valence-corrected chi connectivity index (χ1v) is 10.3. The minimum Gasteiger partial charge on any atom is -0.483 e. The van der Waals surface area contributed by atoms with Crippen molar-refractivity contribution in [3.05, 3.63) is 58.1 Å². The predicted octanol–water partition coefficient (Wildman–Crippen LogP) is 5.40. The number of Topliss-reactive ketones (excluding diaryl/α,β-unsaturated/α-hetero) is 1. The number of ether oxygens (including phenoxy) is 1. The van der Waals surface area contributed by atoms with E-state index in [4.69, 9.17) is 16.3 Å². The quantitative estimate of drug-likeness (QED) is 0.515. The third-order valence-electron chi connectivity index (χ3n) is 4.42. The van der Waals surface area contributed by atoms with Crippen LogP contribution in [0.25, 0.3) is 0 Å². The first kappa shape index (κ1) is 26.2. The number of anilines is 1. The summed E-state index contributed by atoms with van der Waals surface area (Å²) >= 11 is 6.15. The molecular weight excluding hydrogens is 461 g/mol. The first-order valence-electron chi connectivity index (χ1n) is 9.90. The molecule has 2 amide bonds. The van der Waals surface area contributed by atoms with E-state index in [1.54, 1.807) is 26.8 Å². The van der Waals surface area contributed by atoms with Crippen LogP contribution in [0.4, 0.5) is 18.9 Å². The van der Waals surface area contributed by atoms with Gasteiger partial charge in [0.15, 0.2) is 12.4 Å². The molecule has 0 aliphatic rings. The lowest BCUT2D eigenvalue weighted by atomic mass is 9.95. The minimum atomic E-state index is -4.56. The maximum Gasteiger partial charge on any atom is 0.422 e. The second-order valence-electron chi connectivity index (χ2n) is 8.37. The number of hydrogen-bond donors (Lipinski definition) is 2. The molecule has 0 fully saturated rings. The number of amides is 2. The Balaban J connectivity index is 2.19. The maximum absolute atomic E-state index is 12.8. The molecule has 0 aromatic heterocycles. The fourth-order valence-electron chi connectivity index (χ4n) is 2.67. The lowest BCUT2D eigenvalue weighted by Crippen LogP contribution is -2.34. The van der Waals surface area contributed by atoms with Gasteiger partial charge in [0.1, 0.15) is 5.75 Å². The molecular formula is C23H24ClF3N2O4. The third kappa shape index (κ3) is 7.78. The summed E-state index contributed by atoms with van der Waals surface area (Å²) in [7, 11) is 0. The van der Waals surface area contributed by atoms with Crippen LogP contribution < -0.4 is 15.4 Å². The smallest absolute Gasteiger partial charge is 0.422 e. The van der Waals surface area contributed by atoms with Crippen LogP contribution in [-0.2, 0) is 11.3 Å². The van der Waals surface area contributed by atoms with Gasteiger partial charge in [0.05, 0.1) is 16.1 Å². The second-order valence-corrected chi connectivity index (χ2v) is 8.78. The zero-order valence-corrected chi connectivity index (χ0v) is 19.3. The van der Waals surface area contributed by atoms with Crippen LogP contribution >= 0.6 is 11.6 Å². The molecule has 0 unspecified atom stereocenters. The van der Waals surface area contributed by atoms with E-state index in [0.717, 1.165) is 0 Å². The van der Waals surface area contributed by atoms with Crippen LogP contribution in [0.2, 0.25) is 5.02 Å². The van der Waals surface area contributed by atoms with Crippen LogP contribution in [0.1, 0.15) is 54.0 Å². The molecule has 2 rings (SSSR count). The number of alkyl halides is 3. The van der Waals surface area contributed by atoms with Gasteiger partial charge in [-0.25, -0.2) is 0 Å². The maximum atomic E-state index is 12.8. The van der Waals surface area contributed by atoms with Gasteiger partial charge in [-0.3, -0.25) is 14.4 Å². The Morgan fingerprint density at radius 1 is 1.00 bits per heavy atom. The topological polar surface area (TPSA) is 84.5 Å². The van der Waals surface area contributed by atoms with Gasteiger partial charge < -0.3 is 15.4 Å². The highest BCUT2D eigenvalue weighted by Crippen LogP contribution is 2.27. The number of benzene rings is 2. The van der Waals surface area contributed by atoms with E-state index < -0.39 is 29.9 Å². The van der Waals surface area contributed by atoms with E-state index in [1.807, 2.05) is 0 Å². The average molecular weight is 485 g/mol. The number of rotatable bonds is 7. The van der Waals surface area contributed by atoms with Crippen LogP contribution in [0, 0.1) is 5.41 Å². The molecule has 0 radical (unpaired) electrons. The largest absolute Gasteiger partial charge is 0.483 e. The summed E-state index contributed by atoms with van der Waals surface area (Å²) in [5, 5.41) is 5.51. The summed E-state index contributed by atoms with van der Waals surface area (Å²) in [5.74, 6) is -1.53. The summed E-state index contributed by atoms with van der Waals surface area (Å²) in [5.41, 5.74) is 0.258. The zero-order valence-electron chi connectivity index (χ0n) is 18.5. The summed E-state index contributed by atoms with van der Waals surface area (Å²) in [4.78, 5) is 36.7. The number of ketones is 1. The Hall–Kier alpha value is -3.07. The van der Waals surface area contributed by atoms with Crippen LogP contribution in [0.3, 0.4) is 0 Å². The number of halogens is 4. The molecule has 0 aliphatic carbocycles. The van der Waals surface area contributed by atoms with Gasteiger partial charge in [0.2, 0.25) is 5.91 Å². The van der Waals surface area contributed by atoms with Gasteiger partial charge in [-0.1, -0.05) is 38.4 Å². The molecule has 0 aliphatic heterocycles. The van der Waals surface area contributed by atoms with Gasteiger partial charge in [0.25, 0.3) is 5.91 Å². The van der Waals surface area contributed by atoms with Crippen molar-refractivity contribution in [1.82, 2.24) is 5.32 Å². The molecule has 6 nitrogen and oxygen atoms in total. The molecule has 2 aromatic carbocycles. The molecule has 0 bridgehead atoms. The van der Waals surface area contributed by atoms with Crippen molar-refractivity contribution < 1.29 is 32.3 Å². The summed E-state index contributed by atoms with van der Waals surface area (Å²) in [6, 6.07) is 8.43. The highest BCUT2D eigenvalue weighted by Gasteiger charge is 2.29. The molecule has 2 N–H and O–H groups in total. The van der Waals surface area contributed by atoms with Crippen LogP contribution in [0.5, 0.6) is 5.75 Å². The third-order valence-corrected chi connectivity index (χ3v) is 4.75. The molecule has 0 saturated heterocycles. The minimum absolute atomic E-state index is 0.109. The average Bonchev–Trinajstić information content (AvgIpc) is 2.70. The molecule has 10 heteroatoms. The first-order chi connectivity index (χ1) is 15.2. The van der Waals surface area contributed by atoms with E-state index in [-0.39, 0.29) is 40.0 Å². The van der Waals surface area contributed by atoms with Crippen molar-refractivity contribution in [3.8, 4) is 5.75 Å². The molecule has 2 aromatic rings. The van der Waals surface area contributed by atoms with E-state index in [9.17, 15) is 27.6 Å². The summed E-state index contributed by atoms with van der Waals surface area (Å²) in [6.07, 6.45) is -4.56. The zero-order chi connectivity index (χ0) is 25.0. The molecule has 0 spiro atoms. The Morgan fingerprint density at radius 3 is 2.24 bits per heavy atom. The molecule has 0 saturated carbocycles. The van der Waals surface area contributed by atoms with Crippen molar-refractivity contribution >= 4 is 34.9 Å². The van der Waals surface area contributed by atoms with E-state index in [2.05, 4.69) is 10.6 Å². The van der Waals surface area contributed by atoms with E-state index in [1.165, 1.54) is 37.3 Å². The number of hydrogen-bond acceptors (Lipinski definition) is 4. The summed E-state index contributed by atoms with van der Waals surface area (Å²) in [6.45, 7) is 5.14. The molecule has 0 atom stereocenters. The van der Waals surface area contributed by atoms with E-state index in [0.29, 0.717) is 5.56 Å². The van der Waals surface area contributed by atoms with Gasteiger partial charge in [0, 0.05) is 17.6 Å². The van der Waals surface area contributed by atoms with Gasteiger partial charge in [-0.2, -0.15) is 13.2 Å². The Bertz CT molecular complexity index is 1060. The lowest BCUT2D eigenvalue weighted by molar-refractivity contribution is -0.153. The predicted molar refractivity (Wildman–Crippen MR) is 119 cm³/mol. The standard InChI is InChI=1S/C23H24ClF3N2O4/c1-13(30)16-10-15(6-8-19(16)33-12-23(25,26)27)29-20(31)17-9-14(5-7-18(17)24)11-28-21(32)22(2,3)4/h5-10H,11-12H2,1-4H3,(H,28,32)(H,29,31). The molecule has 178 valence electrons. The highest BCUT2D eigenvalue weighted by molar-refractivity contribution is 6.34. The molecule has 33 heavy (non-hydrogen) atoms. The Labute approximate surface area is 194 Å². The van der Waals surface area contributed by atoms with Gasteiger partial charge in [-0.05, 0) is 42.8 Å². The Kier molecular flexibility index (Phi) is 8.13. The number of carbonyl (C=O) groups excluding carboxylic acids is 3. The molecule has 0 heterocycles. The van der Waals surface area contributed by atoms with E-state index >= 15 is 0 Å². The SMILES string of the molecule is CC(=O)c1cc(NC(=O)c2cc(CNC(=O)C(C)(C)C)ccc2Cl)ccc1OCC(F)(F)F. The van der Waals surface area contributed by atoms with Crippen LogP contribution in [-0.4, -0.2) is 30.4 Å². The fraction of sp³-hybridized carbons (Fsp3) is 0.348. The number of carbonyl (C=O) groups is 3. The lowest BCUT2D eigenvalue weighted by Gasteiger charge is -2.18. The van der Waals surface area contributed by atoms with Crippen molar-refractivity contribution in [1.29, 1.82) is 0 Å². The van der Waals surface area contributed by atoms with Crippen molar-refractivity contribution in [3.63, 3.8) is 0 Å². The van der Waals surface area contributed by atoms with Crippen LogP contribution in [0.15, 0.2) is 36.4 Å². The second kappa shape index (κ2) is 10.2. The normalized spacial score (nSPS) is 11.6. The number of nitrogens with one attached hydrogen (secondary N) is 2. The van der Waals surface area contributed by atoms with Crippen molar-refractivity contribution in [2.24, 2.45) is 5.41 Å². The van der Waals surface area contributed by atoms with Crippen molar-refractivity contribution in [2.75, 3.05) is 11.9 Å². The fourth-order valence-corrected chi connectivity index (χ4v) is 2.87. The summed E-state index contributed by atoms with van der Waals surface area (Å²) < 4.78 is 42.0. The Morgan fingerprint density at radius 2 is 1.67 bits per heavy atom. The monoisotopic (exact) mass is 484 g/mol. The van der Waals surface area contributed by atoms with Gasteiger partial charge >= 0.3 is 6.18 Å².